The van der Waals surface area contributed by atoms with Crippen LogP contribution in [0, 0.1) is 0 Å². The monoisotopic (exact) mass is 304 g/mol. The number of halogens is 2. The maximum atomic E-state index is 12.4. The van der Waals surface area contributed by atoms with Crippen molar-refractivity contribution in [2.75, 3.05) is 26.7 Å². The molecular weight excluding hydrogens is 287 g/mol. The van der Waals surface area contributed by atoms with Crippen molar-refractivity contribution in [2.24, 2.45) is 0 Å². The van der Waals surface area contributed by atoms with E-state index in [1.54, 1.807) is 25.3 Å². The lowest BCUT2D eigenvalue weighted by atomic mass is 10.1. The summed E-state index contributed by atoms with van der Waals surface area (Å²) in [6.45, 7) is 4.29. The van der Waals surface area contributed by atoms with E-state index in [-0.39, 0.29) is 18.3 Å². The Balaban J connectivity index is 0.00000180. The van der Waals surface area contributed by atoms with Gasteiger partial charge in [0.2, 0.25) is 0 Å². The molecule has 1 amide bonds. The fourth-order valence-corrected chi connectivity index (χ4v) is 2.31. The van der Waals surface area contributed by atoms with Gasteiger partial charge < -0.3 is 15.0 Å². The zero-order valence-corrected chi connectivity index (χ0v) is 12.6. The average Bonchev–Trinajstić information content (AvgIpc) is 2.38. The van der Waals surface area contributed by atoms with Crippen molar-refractivity contribution in [1.29, 1.82) is 0 Å². The van der Waals surface area contributed by atoms with E-state index in [0.29, 0.717) is 35.5 Å². The Morgan fingerprint density at radius 1 is 1.53 bits per heavy atom. The summed E-state index contributed by atoms with van der Waals surface area (Å²) in [5.41, 5.74) is 0.527. The van der Waals surface area contributed by atoms with Crippen molar-refractivity contribution < 1.29 is 9.53 Å². The molecule has 0 bridgehead atoms. The van der Waals surface area contributed by atoms with Crippen LogP contribution in [0.25, 0.3) is 0 Å². The molecular formula is C13H18Cl2N2O2. The van der Waals surface area contributed by atoms with Crippen LogP contribution in [0.5, 0.6) is 5.75 Å². The number of benzene rings is 1. The first-order valence-corrected chi connectivity index (χ1v) is 6.36. The van der Waals surface area contributed by atoms with Gasteiger partial charge in [0.15, 0.2) is 0 Å². The molecule has 0 spiro atoms. The molecule has 106 valence electrons. The number of methoxy groups -OCH3 is 1. The molecule has 19 heavy (non-hydrogen) atoms. The Morgan fingerprint density at radius 2 is 2.26 bits per heavy atom. The molecule has 1 atom stereocenters. The summed E-state index contributed by atoms with van der Waals surface area (Å²) in [6, 6.07) is 5.42. The summed E-state index contributed by atoms with van der Waals surface area (Å²) in [5.74, 6) is 0.540. The number of piperazine rings is 1. The van der Waals surface area contributed by atoms with Crippen LogP contribution in [0.15, 0.2) is 18.2 Å². The molecule has 0 aliphatic carbocycles. The van der Waals surface area contributed by atoms with Crippen LogP contribution in [0.3, 0.4) is 0 Å². The van der Waals surface area contributed by atoms with Gasteiger partial charge >= 0.3 is 0 Å². The average molecular weight is 305 g/mol. The Bertz CT molecular complexity index is 454. The van der Waals surface area contributed by atoms with Crippen molar-refractivity contribution in [3.05, 3.63) is 28.8 Å². The van der Waals surface area contributed by atoms with E-state index in [2.05, 4.69) is 12.2 Å². The van der Waals surface area contributed by atoms with Gasteiger partial charge in [0.1, 0.15) is 5.75 Å². The Kier molecular flexibility index (Phi) is 5.91. The van der Waals surface area contributed by atoms with Crippen LogP contribution < -0.4 is 10.1 Å². The van der Waals surface area contributed by atoms with E-state index < -0.39 is 0 Å². The molecule has 1 aliphatic heterocycles. The predicted molar refractivity (Wildman–Crippen MR) is 78.6 cm³/mol. The van der Waals surface area contributed by atoms with E-state index in [0.717, 1.165) is 6.54 Å². The number of rotatable bonds is 2. The number of nitrogens with zero attached hydrogens (tertiary/aromatic N) is 1. The summed E-state index contributed by atoms with van der Waals surface area (Å²) >= 11 is 5.95. The molecule has 1 fully saturated rings. The first kappa shape index (κ1) is 16.1. The zero-order valence-electron chi connectivity index (χ0n) is 11.0. The maximum Gasteiger partial charge on any atom is 0.257 e. The number of carbonyl (C=O) groups excluding carboxylic acids is 1. The number of carbonyl (C=O) groups is 1. The number of amides is 1. The van der Waals surface area contributed by atoms with Gasteiger partial charge in [-0.05, 0) is 25.1 Å². The topological polar surface area (TPSA) is 41.6 Å². The summed E-state index contributed by atoms with van der Waals surface area (Å²) in [7, 11) is 1.56. The molecule has 1 aliphatic rings. The number of hydrogen-bond acceptors (Lipinski definition) is 3. The van der Waals surface area contributed by atoms with Gasteiger partial charge in [-0.15, -0.1) is 12.4 Å². The molecule has 2 rings (SSSR count). The normalized spacial score (nSPS) is 18.7. The smallest absolute Gasteiger partial charge is 0.257 e. The SMILES string of the molecule is COc1ccc(Cl)cc1C(=O)N1CCN[C@@H](C)C1.Cl. The lowest BCUT2D eigenvalue weighted by molar-refractivity contribution is 0.0705. The third-order valence-electron chi connectivity index (χ3n) is 3.05. The van der Waals surface area contributed by atoms with Gasteiger partial charge in [0.25, 0.3) is 5.91 Å². The van der Waals surface area contributed by atoms with E-state index in [1.807, 2.05) is 4.90 Å². The van der Waals surface area contributed by atoms with Gasteiger partial charge in [0, 0.05) is 30.7 Å². The Hall–Kier alpha value is -0.970. The third kappa shape index (κ3) is 3.75. The van der Waals surface area contributed by atoms with Crippen molar-refractivity contribution in [1.82, 2.24) is 10.2 Å². The summed E-state index contributed by atoms with van der Waals surface area (Å²) in [4.78, 5) is 14.3. The summed E-state index contributed by atoms with van der Waals surface area (Å²) in [6.07, 6.45) is 0. The highest BCUT2D eigenvalue weighted by molar-refractivity contribution is 6.31. The summed E-state index contributed by atoms with van der Waals surface area (Å²) in [5, 5.41) is 3.85. The van der Waals surface area contributed by atoms with Gasteiger partial charge in [-0.3, -0.25) is 4.79 Å². The van der Waals surface area contributed by atoms with E-state index >= 15 is 0 Å². The molecule has 1 N–H and O–H groups in total. The lowest BCUT2D eigenvalue weighted by Gasteiger charge is -2.32. The minimum absolute atomic E-state index is 0. The van der Waals surface area contributed by atoms with Gasteiger partial charge in [-0.2, -0.15) is 0 Å². The minimum Gasteiger partial charge on any atom is -0.496 e. The highest BCUT2D eigenvalue weighted by Crippen LogP contribution is 2.24. The molecule has 0 aromatic heterocycles. The van der Waals surface area contributed by atoms with Crippen LogP contribution in [0.4, 0.5) is 0 Å². The number of nitrogens with one attached hydrogen (secondary N) is 1. The third-order valence-corrected chi connectivity index (χ3v) is 3.28. The highest BCUT2D eigenvalue weighted by Gasteiger charge is 2.24. The standard InChI is InChI=1S/C13H17ClN2O2.ClH/c1-9-8-16(6-5-15-9)13(17)11-7-10(14)3-4-12(11)18-2;/h3-4,7,9,15H,5-6,8H2,1-2H3;1H/t9-;/m0./s1. The number of ether oxygens (including phenoxy) is 1. The van der Waals surface area contributed by atoms with Crippen LogP contribution in [-0.4, -0.2) is 43.6 Å². The predicted octanol–water partition coefficient (Wildman–Crippen LogP) is 2.20. The van der Waals surface area contributed by atoms with Crippen LogP contribution in [0.2, 0.25) is 5.02 Å². The summed E-state index contributed by atoms with van der Waals surface area (Å²) < 4.78 is 5.22. The van der Waals surface area contributed by atoms with Gasteiger partial charge in [-0.1, -0.05) is 11.6 Å². The van der Waals surface area contributed by atoms with Gasteiger partial charge in [-0.25, -0.2) is 0 Å². The molecule has 1 saturated heterocycles. The zero-order chi connectivity index (χ0) is 13.1. The highest BCUT2D eigenvalue weighted by atomic mass is 35.5. The van der Waals surface area contributed by atoms with Crippen LogP contribution >= 0.6 is 24.0 Å². The van der Waals surface area contributed by atoms with E-state index in [1.165, 1.54) is 0 Å². The largest absolute Gasteiger partial charge is 0.496 e. The second-order valence-corrected chi connectivity index (χ2v) is 4.89. The molecule has 1 aromatic carbocycles. The fraction of sp³-hybridized carbons (Fsp3) is 0.462. The molecule has 0 saturated carbocycles. The van der Waals surface area contributed by atoms with Crippen LogP contribution in [-0.2, 0) is 0 Å². The molecule has 1 heterocycles. The Morgan fingerprint density at radius 3 is 2.89 bits per heavy atom. The maximum absolute atomic E-state index is 12.4. The second-order valence-electron chi connectivity index (χ2n) is 4.45. The van der Waals surface area contributed by atoms with E-state index in [9.17, 15) is 4.79 Å². The number of hydrogen-bond donors (Lipinski definition) is 1. The second kappa shape index (κ2) is 6.98. The van der Waals surface area contributed by atoms with Crippen molar-refractivity contribution in [3.63, 3.8) is 0 Å². The molecule has 1 aromatic rings. The fourth-order valence-electron chi connectivity index (χ4n) is 2.13. The molecule has 0 unspecified atom stereocenters. The lowest BCUT2D eigenvalue weighted by Crippen LogP contribution is -2.51. The first-order chi connectivity index (χ1) is 8.61. The van der Waals surface area contributed by atoms with Crippen molar-refractivity contribution in [2.45, 2.75) is 13.0 Å². The first-order valence-electron chi connectivity index (χ1n) is 5.98. The van der Waals surface area contributed by atoms with Crippen molar-refractivity contribution in [3.8, 4) is 5.75 Å². The minimum atomic E-state index is -0.0253. The van der Waals surface area contributed by atoms with Gasteiger partial charge in [0.05, 0.1) is 12.7 Å². The molecule has 0 radical (unpaired) electrons. The van der Waals surface area contributed by atoms with E-state index in [4.69, 9.17) is 16.3 Å². The van der Waals surface area contributed by atoms with Crippen LogP contribution in [0.1, 0.15) is 17.3 Å². The molecule has 6 heteroatoms. The quantitative estimate of drug-likeness (QED) is 0.911. The van der Waals surface area contributed by atoms with Crippen molar-refractivity contribution >= 4 is 29.9 Å². The Labute approximate surface area is 124 Å². The molecule has 4 nitrogen and oxygen atoms in total.